The van der Waals surface area contributed by atoms with Gasteiger partial charge in [-0.25, -0.2) is 22.7 Å². The van der Waals surface area contributed by atoms with E-state index >= 15 is 0 Å². The van der Waals surface area contributed by atoms with Gasteiger partial charge in [0.15, 0.2) is 0 Å². The number of unbranched alkanes of at least 4 members (excludes halogenated alkanes) is 1. The lowest BCUT2D eigenvalue weighted by Gasteiger charge is -2.26. The molecule has 0 bridgehead atoms. The second-order valence-electron chi connectivity index (χ2n) is 15.0. The van der Waals surface area contributed by atoms with Crippen LogP contribution >= 0.6 is 0 Å². The number of benzene rings is 2. The summed E-state index contributed by atoms with van der Waals surface area (Å²) in [5.74, 6) is 1.16. The van der Waals surface area contributed by atoms with Gasteiger partial charge in [-0.1, -0.05) is 76.2 Å². The summed E-state index contributed by atoms with van der Waals surface area (Å²) in [4.78, 5) is 29.9. The zero-order valence-electron chi connectivity index (χ0n) is 30.8. The monoisotopic (exact) mass is 733 g/mol. The van der Waals surface area contributed by atoms with E-state index in [-0.39, 0.29) is 29.2 Å². The second kappa shape index (κ2) is 15.1. The van der Waals surface area contributed by atoms with Gasteiger partial charge >= 0.3 is 0 Å². The van der Waals surface area contributed by atoms with Crippen molar-refractivity contribution in [1.82, 2.24) is 14.9 Å². The third-order valence-electron chi connectivity index (χ3n) is 10.1. The van der Waals surface area contributed by atoms with Crippen molar-refractivity contribution in [2.75, 3.05) is 24.8 Å². The second-order valence-corrected chi connectivity index (χ2v) is 22.5. The molecule has 11 nitrogen and oxygen atoms in total. The van der Waals surface area contributed by atoms with E-state index in [1.165, 1.54) is 13.3 Å². The molecule has 1 spiro atoms. The molecule has 1 aromatic heterocycles. The maximum absolute atomic E-state index is 14.8. The number of hydrogen-bond donors (Lipinski definition) is 0. The Morgan fingerprint density at radius 1 is 1.04 bits per heavy atom. The number of fused-ring (bicyclic) bond motifs is 1. The van der Waals surface area contributed by atoms with E-state index in [1.54, 1.807) is 19.1 Å². The third kappa shape index (κ3) is 7.62. The van der Waals surface area contributed by atoms with E-state index < -0.39 is 23.6 Å². The van der Waals surface area contributed by atoms with Crippen LogP contribution in [0.15, 0.2) is 52.5 Å². The highest BCUT2D eigenvalue weighted by Crippen LogP contribution is 2.42. The van der Waals surface area contributed by atoms with E-state index in [1.807, 2.05) is 29.2 Å². The lowest BCUT2D eigenvalue weighted by molar-refractivity contribution is -0.131. The summed E-state index contributed by atoms with van der Waals surface area (Å²) in [5.41, 5.74) is 4.22. The van der Waals surface area contributed by atoms with Crippen molar-refractivity contribution in [2.45, 2.75) is 115 Å². The van der Waals surface area contributed by atoms with Crippen LogP contribution in [0.4, 0.5) is 5.82 Å². The highest BCUT2D eigenvalue weighted by molar-refractivity contribution is 7.93. The molecule has 51 heavy (non-hydrogen) atoms. The topological polar surface area (TPSA) is 124 Å². The van der Waals surface area contributed by atoms with Crippen molar-refractivity contribution in [2.24, 2.45) is 4.99 Å². The van der Waals surface area contributed by atoms with Gasteiger partial charge in [0.2, 0.25) is 5.82 Å². The van der Waals surface area contributed by atoms with Gasteiger partial charge in [0.1, 0.15) is 18.1 Å². The number of rotatable bonds is 15. The first-order valence-electron chi connectivity index (χ1n) is 18.1. The van der Waals surface area contributed by atoms with Crippen LogP contribution in [0, 0.1) is 6.92 Å². The predicted octanol–water partition coefficient (Wildman–Crippen LogP) is 7.24. The number of amides is 1. The highest BCUT2D eigenvalue weighted by atomic mass is 32.2. The van der Waals surface area contributed by atoms with E-state index in [2.05, 4.69) is 36.5 Å². The first kappa shape index (κ1) is 37.1. The minimum atomic E-state index is -4.25. The smallest absolute Gasteiger partial charge is 0.268 e. The number of carbonyl (C=O) groups excluding carboxylic acids is 1. The molecule has 3 heterocycles. The Morgan fingerprint density at radius 2 is 1.78 bits per heavy atom. The van der Waals surface area contributed by atoms with Crippen molar-refractivity contribution in [3.8, 4) is 17.0 Å². The number of anilines is 1. The average molecular weight is 734 g/mol. The average Bonchev–Trinajstić information content (AvgIpc) is 3.85. The fourth-order valence-corrected chi connectivity index (χ4v) is 9.44. The predicted molar refractivity (Wildman–Crippen MR) is 201 cm³/mol. The molecule has 3 aliphatic rings. The van der Waals surface area contributed by atoms with Crippen LogP contribution in [0.25, 0.3) is 11.1 Å². The van der Waals surface area contributed by atoms with E-state index in [0.717, 1.165) is 83.4 Å². The fraction of sp³-hybridized carbons (Fsp3) is 0.526. The minimum Gasteiger partial charge on any atom is -0.478 e. The Labute approximate surface area is 303 Å². The maximum atomic E-state index is 14.8. The Hall–Kier alpha value is -3.65. The van der Waals surface area contributed by atoms with Gasteiger partial charge in [-0.05, 0) is 60.6 Å². The van der Waals surface area contributed by atoms with Crippen LogP contribution < -0.4 is 9.04 Å². The molecule has 2 aliphatic heterocycles. The molecule has 1 fully saturated rings. The number of hydrogen-bond acceptors (Lipinski definition) is 9. The van der Waals surface area contributed by atoms with Gasteiger partial charge in [-0.2, -0.15) is 0 Å². The molecule has 3 aromatic rings. The van der Waals surface area contributed by atoms with Gasteiger partial charge in [-0.15, -0.1) is 0 Å². The molecule has 1 saturated carbocycles. The van der Waals surface area contributed by atoms with E-state index in [0.29, 0.717) is 37.6 Å². The molecule has 0 N–H and O–H groups in total. The summed E-state index contributed by atoms with van der Waals surface area (Å²) >= 11 is 0. The lowest BCUT2D eigenvalue weighted by atomic mass is 9.93. The zero-order chi connectivity index (χ0) is 36.4. The van der Waals surface area contributed by atoms with Gasteiger partial charge in [0.25, 0.3) is 21.8 Å². The van der Waals surface area contributed by atoms with E-state index in [9.17, 15) is 13.2 Å². The number of aryl methyl sites for hydroxylation is 1. The number of aliphatic imine (C=N–C) groups is 1. The van der Waals surface area contributed by atoms with Crippen LogP contribution in [0.3, 0.4) is 0 Å². The molecule has 0 unspecified atom stereocenters. The molecule has 1 aliphatic carbocycles. The largest absolute Gasteiger partial charge is 0.478 e. The summed E-state index contributed by atoms with van der Waals surface area (Å²) < 4.78 is 48.3. The number of carbonyl (C=O) groups is 1. The van der Waals surface area contributed by atoms with Crippen molar-refractivity contribution in [3.63, 3.8) is 0 Å². The Balaban J connectivity index is 1.36. The number of sulfonamides is 1. The molecular formula is C38H51N5O6SSi. The Kier molecular flexibility index (Phi) is 11.0. The van der Waals surface area contributed by atoms with Crippen molar-refractivity contribution < 1.29 is 27.4 Å². The number of nitrogens with zero attached hydrogens (tertiary/aromatic N) is 5. The summed E-state index contributed by atoms with van der Waals surface area (Å²) in [5, 5.41) is 0. The number of aromatic nitrogens is 2. The molecule has 0 atom stereocenters. The van der Waals surface area contributed by atoms with Crippen LogP contribution in [0.1, 0.15) is 74.3 Å². The molecule has 2 aromatic carbocycles. The van der Waals surface area contributed by atoms with Gasteiger partial charge in [-0.3, -0.25) is 14.7 Å². The molecular weight excluding hydrogens is 683 g/mol. The summed E-state index contributed by atoms with van der Waals surface area (Å²) in [7, 11) is -4.23. The zero-order valence-corrected chi connectivity index (χ0v) is 32.6. The maximum Gasteiger partial charge on any atom is 0.268 e. The summed E-state index contributed by atoms with van der Waals surface area (Å²) in [6.07, 6.45) is 7.97. The quantitative estimate of drug-likeness (QED) is 0.0910. The van der Waals surface area contributed by atoms with Gasteiger partial charge in [0, 0.05) is 26.7 Å². The molecule has 0 saturated heterocycles. The Bertz CT molecular complexity index is 1900. The fourth-order valence-electron chi connectivity index (χ4n) is 7.17. The summed E-state index contributed by atoms with van der Waals surface area (Å²) in [6, 6.07) is 11.9. The van der Waals surface area contributed by atoms with Crippen LogP contribution in [-0.4, -0.2) is 69.1 Å². The van der Waals surface area contributed by atoms with Crippen molar-refractivity contribution >= 4 is 35.7 Å². The molecule has 6 rings (SSSR count). The highest BCUT2D eigenvalue weighted by Gasteiger charge is 2.49. The standard InChI is InChI=1S/C38H51N5O6SSi/c1-7-8-15-34-41-38(18-11-12-19-38)37(44)42(34)23-28-16-17-29(32-25-49-24-31(28)32)30-13-9-10-14-33(30)50(45,46)43(26-48-20-21-51(4,5)6)35-36(47-3)40-27(2)22-39-35/h9-10,13-14,16-17,22H,7-8,11-12,15,18-21,23-26H2,1-6H3. The minimum absolute atomic E-state index is 0.0608. The number of amidine groups is 1. The van der Waals surface area contributed by atoms with Gasteiger partial charge in [0.05, 0.1) is 43.7 Å². The van der Waals surface area contributed by atoms with Crippen molar-refractivity contribution in [3.05, 3.63) is 65.0 Å². The van der Waals surface area contributed by atoms with Crippen molar-refractivity contribution in [1.29, 1.82) is 0 Å². The molecule has 274 valence electrons. The third-order valence-corrected chi connectivity index (χ3v) is 13.5. The number of ether oxygens (including phenoxy) is 3. The molecule has 1 amide bonds. The SMILES string of the molecule is CCCCC1=NC2(CCCC2)C(=O)N1Cc1ccc(-c2ccccc2S(=O)(=O)N(COCC[Si](C)(C)C)c2ncc(C)nc2OC)c2c1COC2. The van der Waals surface area contributed by atoms with Crippen LogP contribution in [0.5, 0.6) is 5.88 Å². The molecule has 13 heteroatoms. The Morgan fingerprint density at radius 3 is 2.51 bits per heavy atom. The van der Waals surface area contributed by atoms with Crippen LogP contribution in [-0.2, 0) is 44.1 Å². The first-order chi connectivity index (χ1) is 24.4. The normalized spacial score (nSPS) is 16.9. The lowest BCUT2D eigenvalue weighted by Crippen LogP contribution is -2.40. The first-order valence-corrected chi connectivity index (χ1v) is 23.2. The van der Waals surface area contributed by atoms with Gasteiger partial charge < -0.3 is 14.2 Å². The molecule has 0 radical (unpaired) electrons. The number of methoxy groups -OCH3 is 1. The van der Waals surface area contributed by atoms with E-state index in [4.69, 9.17) is 19.2 Å². The summed E-state index contributed by atoms with van der Waals surface area (Å²) in [6.45, 7) is 12.0. The van der Waals surface area contributed by atoms with Crippen LogP contribution in [0.2, 0.25) is 25.7 Å².